The number of aromatic nitrogens is 1. The summed E-state index contributed by atoms with van der Waals surface area (Å²) in [6.07, 6.45) is 2.68. The van der Waals surface area contributed by atoms with Gasteiger partial charge in [0.2, 0.25) is 0 Å². The van der Waals surface area contributed by atoms with E-state index in [4.69, 9.17) is 0 Å². The summed E-state index contributed by atoms with van der Waals surface area (Å²) in [6.45, 7) is 0. The second kappa shape index (κ2) is 3.37. The standard InChI is InChI=1S/C13H13NO2/c15-13(16)9-5-3-7-11-12(9)8-4-1-2-6-10(8)14-11/h1-2,4,6,9,14H,3,5,7H2,(H,15,16). The number of hydrogen-bond donors (Lipinski definition) is 2. The van der Waals surface area contributed by atoms with E-state index in [-0.39, 0.29) is 5.92 Å². The third-order valence-corrected chi connectivity index (χ3v) is 3.39. The first-order valence-electron chi connectivity index (χ1n) is 5.59. The Hall–Kier alpha value is -1.77. The first-order chi connectivity index (χ1) is 7.77. The number of aromatic amines is 1. The molecule has 3 rings (SSSR count). The van der Waals surface area contributed by atoms with Crippen LogP contribution in [0, 0.1) is 0 Å². The fourth-order valence-corrected chi connectivity index (χ4v) is 2.69. The number of carboxylic acid groups (broad SMARTS) is 1. The SMILES string of the molecule is O=C(O)C1CCCc2[nH]c3ccccc3c21. The Morgan fingerprint density at radius 3 is 3.00 bits per heavy atom. The summed E-state index contributed by atoms with van der Waals surface area (Å²) in [5.74, 6) is -1.04. The van der Waals surface area contributed by atoms with Gasteiger partial charge in [-0.3, -0.25) is 4.79 Å². The maximum Gasteiger partial charge on any atom is 0.311 e. The molecule has 0 amide bonds. The van der Waals surface area contributed by atoms with Gasteiger partial charge in [-0.05, 0) is 30.9 Å². The molecule has 1 unspecified atom stereocenters. The zero-order valence-corrected chi connectivity index (χ0v) is 8.86. The second-order valence-electron chi connectivity index (χ2n) is 4.35. The average molecular weight is 215 g/mol. The highest BCUT2D eigenvalue weighted by Gasteiger charge is 2.29. The smallest absolute Gasteiger partial charge is 0.311 e. The van der Waals surface area contributed by atoms with Crippen LogP contribution in [0.2, 0.25) is 0 Å². The average Bonchev–Trinajstić information content (AvgIpc) is 2.66. The molecular formula is C13H13NO2. The van der Waals surface area contributed by atoms with Crippen molar-refractivity contribution in [2.45, 2.75) is 25.2 Å². The minimum Gasteiger partial charge on any atom is -0.481 e. The molecule has 1 heterocycles. The summed E-state index contributed by atoms with van der Waals surface area (Å²) in [7, 11) is 0. The lowest BCUT2D eigenvalue weighted by Crippen LogP contribution is -2.17. The molecule has 16 heavy (non-hydrogen) atoms. The van der Waals surface area contributed by atoms with Crippen LogP contribution in [0.25, 0.3) is 10.9 Å². The van der Waals surface area contributed by atoms with Crippen molar-refractivity contribution >= 4 is 16.9 Å². The number of carbonyl (C=O) groups is 1. The molecule has 0 saturated heterocycles. The monoisotopic (exact) mass is 215 g/mol. The number of hydrogen-bond acceptors (Lipinski definition) is 1. The van der Waals surface area contributed by atoms with Gasteiger partial charge >= 0.3 is 5.97 Å². The molecule has 3 heteroatoms. The van der Waals surface area contributed by atoms with Crippen molar-refractivity contribution in [3.8, 4) is 0 Å². The van der Waals surface area contributed by atoms with Crippen LogP contribution in [0.1, 0.15) is 30.0 Å². The zero-order chi connectivity index (χ0) is 11.1. The van der Waals surface area contributed by atoms with Crippen molar-refractivity contribution in [3.63, 3.8) is 0 Å². The van der Waals surface area contributed by atoms with Crippen LogP contribution >= 0.6 is 0 Å². The Balaban J connectivity index is 2.28. The zero-order valence-electron chi connectivity index (χ0n) is 8.86. The number of aliphatic carboxylic acids is 1. The molecule has 0 saturated carbocycles. The van der Waals surface area contributed by atoms with Crippen molar-refractivity contribution in [1.29, 1.82) is 0 Å². The number of carboxylic acids is 1. The normalized spacial score (nSPS) is 19.6. The molecule has 1 atom stereocenters. The van der Waals surface area contributed by atoms with Gasteiger partial charge in [-0.1, -0.05) is 18.2 Å². The van der Waals surface area contributed by atoms with E-state index in [1.807, 2.05) is 24.3 Å². The van der Waals surface area contributed by atoms with Crippen LogP contribution in [0.4, 0.5) is 0 Å². The molecule has 0 spiro atoms. The van der Waals surface area contributed by atoms with Gasteiger partial charge in [0.05, 0.1) is 5.92 Å². The number of para-hydroxylation sites is 1. The predicted molar refractivity (Wildman–Crippen MR) is 61.6 cm³/mol. The molecule has 82 valence electrons. The number of nitrogens with one attached hydrogen (secondary N) is 1. The molecule has 0 radical (unpaired) electrons. The maximum atomic E-state index is 11.2. The molecule has 1 aliphatic rings. The minimum absolute atomic E-state index is 0.333. The van der Waals surface area contributed by atoms with E-state index in [9.17, 15) is 9.90 Å². The van der Waals surface area contributed by atoms with Gasteiger partial charge in [-0.2, -0.15) is 0 Å². The number of benzene rings is 1. The Labute approximate surface area is 93.1 Å². The molecule has 1 aromatic carbocycles. The largest absolute Gasteiger partial charge is 0.481 e. The van der Waals surface area contributed by atoms with E-state index >= 15 is 0 Å². The predicted octanol–water partition coefficient (Wildman–Crippen LogP) is 2.67. The molecule has 2 aromatic rings. The van der Waals surface area contributed by atoms with Crippen molar-refractivity contribution in [3.05, 3.63) is 35.5 Å². The van der Waals surface area contributed by atoms with E-state index in [0.717, 1.165) is 41.4 Å². The summed E-state index contributed by atoms with van der Waals surface area (Å²) in [5.41, 5.74) is 3.18. The maximum absolute atomic E-state index is 11.2. The van der Waals surface area contributed by atoms with Gasteiger partial charge in [0, 0.05) is 16.6 Å². The highest BCUT2D eigenvalue weighted by Crippen LogP contribution is 2.36. The quantitative estimate of drug-likeness (QED) is 0.768. The fraction of sp³-hybridized carbons (Fsp3) is 0.308. The lowest BCUT2D eigenvalue weighted by molar-refractivity contribution is -0.139. The van der Waals surface area contributed by atoms with E-state index in [1.165, 1.54) is 0 Å². The third kappa shape index (κ3) is 1.24. The van der Waals surface area contributed by atoms with Crippen LogP contribution < -0.4 is 0 Å². The fourth-order valence-electron chi connectivity index (χ4n) is 2.69. The lowest BCUT2D eigenvalue weighted by atomic mass is 9.85. The molecular weight excluding hydrogens is 202 g/mol. The third-order valence-electron chi connectivity index (χ3n) is 3.39. The van der Waals surface area contributed by atoms with Crippen LogP contribution in [-0.2, 0) is 11.2 Å². The lowest BCUT2D eigenvalue weighted by Gasteiger charge is -2.19. The van der Waals surface area contributed by atoms with E-state index in [0.29, 0.717) is 0 Å². The number of rotatable bonds is 1. The second-order valence-corrected chi connectivity index (χ2v) is 4.35. The first-order valence-corrected chi connectivity index (χ1v) is 5.59. The van der Waals surface area contributed by atoms with Gasteiger partial charge in [-0.15, -0.1) is 0 Å². The molecule has 1 aromatic heterocycles. The van der Waals surface area contributed by atoms with Crippen molar-refractivity contribution in [2.75, 3.05) is 0 Å². The van der Waals surface area contributed by atoms with Gasteiger partial charge in [0.25, 0.3) is 0 Å². The Bertz CT molecular complexity index is 556. The number of fused-ring (bicyclic) bond motifs is 3. The van der Waals surface area contributed by atoms with Crippen molar-refractivity contribution in [1.82, 2.24) is 4.98 Å². The van der Waals surface area contributed by atoms with E-state index in [1.54, 1.807) is 0 Å². The van der Waals surface area contributed by atoms with Gasteiger partial charge < -0.3 is 10.1 Å². The first kappa shape index (κ1) is 9.46. The summed E-state index contributed by atoms with van der Waals surface area (Å²) < 4.78 is 0. The molecule has 3 nitrogen and oxygen atoms in total. The molecule has 0 fully saturated rings. The summed E-state index contributed by atoms with van der Waals surface area (Å²) in [6, 6.07) is 7.95. The van der Waals surface area contributed by atoms with E-state index in [2.05, 4.69) is 4.98 Å². The highest BCUT2D eigenvalue weighted by molar-refractivity contribution is 5.91. The van der Waals surface area contributed by atoms with E-state index < -0.39 is 5.97 Å². The summed E-state index contributed by atoms with van der Waals surface area (Å²) >= 11 is 0. The molecule has 1 aliphatic carbocycles. The Morgan fingerprint density at radius 1 is 1.38 bits per heavy atom. The van der Waals surface area contributed by atoms with Crippen LogP contribution in [0.15, 0.2) is 24.3 Å². The van der Waals surface area contributed by atoms with Crippen LogP contribution in [0.5, 0.6) is 0 Å². The molecule has 2 N–H and O–H groups in total. The minimum atomic E-state index is -0.703. The highest BCUT2D eigenvalue weighted by atomic mass is 16.4. The topological polar surface area (TPSA) is 53.1 Å². The molecule has 0 bridgehead atoms. The summed E-state index contributed by atoms with van der Waals surface area (Å²) in [5, 5.41) is 10.3. The Kier molecular flexibility index (Phi) is 1.99. The van der Waals surface area contributed by atoms with Crippen molar-refractivity contribution < 1.29 is 9.90 Å². The van der Waals surface area contributed by atoms with Crippen molar-refractivity contribution in [2.24, 2.45) is 0 Å². The number of aryl methyl sites for hydroxylation is 1. The van der Waals surface area contributed by atoms with Gasteiger partial charge in [0.15, 0.2) is 0 Å². The Morgan fingerprint density at radius 2 is 2.19 bits per heavy atom. The number of H-pyrrole nitrogens is 1. The van der Waals surface area contributed by atoms with Crippen LogP contribution in [-0.4, -0.2) is 16.1 Å². The molecule has 0 aliphatic heterocycles. The van der Waals surface area contributed by atoms with Crippen LogP contribution in [0.3, 0.4) is 0 Å². The van der Waals surface area contributed by atoms with Gasteiger partial charge in [-0.25, -0.2) is 0 Å². The van der Waals surface area contributed by atoms with Gasteiger partial charge in [0.1, 0.15) is 0 Å². The summed E-state index contributed by atoms with van der Waals surface area (Å²) in [4.78, 5) is 14.6.